The zero-order valence-corrected chi connectivity index (χ0v) is 17.2. The molecule has 1 atom stereocenters. The van der Waals surface area contributed by atoms with Crippen LogP contribution in [0.2, 0.25) is 0 Å². The van der Waals surface area contributed by atoms with Crippen LogP contribution in [-0.2, 0) is 9.59 Å². The van der Waals surface area contributed by atoms with Crippen LogP contribution in [0.3, 0.4) is 0 Å². The Morgan fingerprint density at radius 3 is 2.67 bits per heavy atom. The Bertz CT molecular complexity index is 1090. The molecular weight excluding hydrogens is 455 g/mol. The molecule has 0 saturated carbocycles. The topological polar surface area (TPSA) is 84.4 Å². The number of halogens is 2. The fourth-order valence-corrected chi connectivity index (χ4v) is 3.47. The highest BCUT2D eigenvalue weighted by Crippen LogP contribution is 2.28. The molecule has 1 unspecified atom stereocenters. The van der Waals surface area contributed by atoms with E-state index in [2.05, 4.69) is 31.2 Å². The van der Waals surface area contributed by atoms with Gasteiger partial charge in [0, 0.05) is 23.1 Å². The van der Waals surface area contributed by atoms with Crippen molar-refractivity contribution in [1.29, 1.82) is 0 Å². The Morgan fingerprint density at radius 1 is 1.17 bits per heavy atom. The minimum Gasteiger partial charge on any atom is -0.421 e. The van der Waals surface area contributed by atoms with Crippen LogP contribution >= 0.6 is 15.9 Å². The summed E-state index contributed by atoms with van der Waals surface area (Å²) in [5.74, 6) is -1.43. The molecule has 1 aliphatic heterocycles. The first kappa shape index (κ1) is 20.0. The highest BCUT2D eigenvalue weighted by Gasteiger charge is 2.35. The Morgan fingerprint density at radius 2 is 1.93 bits per heavy atom. The van der Waals surface area contributed by atoms with E-state index in [1.807, 2.05) is 24.3 Å². The molecule has 0 aliphatic carbocycles. The Labute approximate surface area is 180 Å². The van der Waals surface area contributed by atoms with Gasteiger partial charge in [-0.3, -0.25) is 9.59 Å². The van der Waals surface area contributed by atoms with Gasteiger partial charge in [0.05, 0.1) is 24.0 Å². The van der Waals surface area contributed by atoms with E-state index in [1.165, 1.54) is 24.5 Å². The van der Waals surface area contributed by atoms with Gasteiger partial charge in [-0.25, -0.2) is 14.4 Å². The highest BCUT2D eigenvalue weighted by molar-refractivity contribution is 9.10. The first-order chi connectivity index (χ1) is 14.5. The van der Waals surface area contributed by atoms with E-state index in [0.29, 0.717) is 5.69 Å². The monoisotopic (exact) mass is 470 g/mol. The highest BCUT2D eigenvalue weighted by atomic mass is 79.9. The summed E-state index contributed by atoms with van der Waals surface area (Å²) in [7, 11) is 0. The average molecular weight is 471 g/mol. The molecule has 30 heavy (non-hydrogen) atoms. The molecule has 0 bridgehead atoms. The second kappa shape index (κ2) is 8.58. The van der Waals surface area contributed by atoms with E-state index in [0.717, 1.165) is 10.2 Å². The standard InChI is InChI=1S/C21H16BrFN4O3/c22-14-4-3-5-16(9-14)27-12-13(8-19(27)28)20(29)26-15-10-24-21(25-11-15)30-18-7-2-1-6-17(18)23/h1-7,9-11,13H,8,12H2,(H,26,29). The van der Waals surface area contributed by atoms with E-state index >= 15 is 0 Å². The van der Waals surface area contributed by atoms with Crippen LogP contribution in [0.25, 0.3) is 0 Å². The summed E-state index contributed by atoms with van der Waals surface area (Å²) >= 11 is 3.39. The molecule has 2 aromatic carbocycles. The zero-order chi connectivity index (χ0) is 21.1. The largest absolute Gasteiger partial charge is 0.421 e. The third kappa shape index (κ3) is 4.46. The second-order valence-electron chi connectivity index (χ2n) is 6.66. The average Bonchev–Trinajstić information content (AvgIpc) is 3.13. The number of anilines is 2. The van der Waals surface area contributed by atoms with Crippen LogP contribution in [-0.4, -0.2) is 28.3 Å². The van der Waals surface area contributed by atoms with Gasteiger partial charge in [0.25, 0.3) is 0 Å². The summed E-state index contributed by atoms with van der Waals surface area (Å²) in [6, 6.07) is 13.2. The molecule has 1 aromatic heterocycles. The predicted octanol–water partition coefficient (Wildman–Crippen LogP) is 4.16. The van der Waals surface area contributed by atoms with Crippen LogP contribution in [0.5, 0.6) is 11.8 Å². The summed E-state index contributed by atoms with van der Waals surface area (Å²) in [5.41, 5.74) is 1.09. The smallest absolute Gasteiger partial charge is 0.322 e. The van der Waals surface area contributed by atoms with E-state index in [4.69, 9.17) is 4.74 Å². The van der Waals surface area contributed by atoms with Crippen LogP contribution in [0.15, 0.2) is 65.4 Å². The molecule has 2 amide bonds. The minimum absolute atomic E-state index is 0.00592. The minimum atomic E-state index is -0.528. The van der Waals surface area contributed by atoms with E-state index in [9.17, 15) is 14.0 Å². The lowest BCUT2D eigenvalue weighted by atomic mass is 10.1. The third-order valence-electron chi connectivity index (χ3n) is 4.55. The Kier molecular flexibility index (Phi) is 5.71. The molecule has 1 saturated heterocycles. The first-order valence-electron chi connectivity index (χ1n) is 9.11. The van der Waals surface area contributed by atoms with Crippen LogP contribution in [0.4, 0.5) is 15.8 Å². The van der Waals surface area contributed by atoms with Gasteiger partial charge in [-0.05, 0) is 30.3 Å². The number of nitrogens with zero attached hydrogens (tertiary/aromatic N) is 3. The molecule has 1 aliphatic rings. The van der Waals surface area contributed by atoms with E-state index in [1.54, 1.807) is 17.0 Å². The maximum Gasteiger partial charge on any atom is 0.322 e. The van der Waals surface area contributed by atoms with Crippen molar-refractivity contribution >= 4 is 39.1 Å². The Balaban J connectivity index is 1.38. The van der Waals surface area contributed by atoms with Crippen LogP contribution < -0.4 is 15.0 Å². The SMILES string of the molecule is O=C(Nc1cnc(Oc2ccccc2F)nc1)C1CC(=O)N(c2cccc(Br)c2)C1. The van der Waals surface area contributed by atoms with Crippen molar-refractivity contribution in [3.8, 4) is 11.8 Å². The van der Waals surface area contributed by atoms with E-state index in [-0.39, 0.29) is 36.5 Å². The lowest BCUT2D eigenvalue weighted by molar-refractivity contribution is -0.122. The molecule has 9 heteroatoms. The number of amides is 2. The van der Waals surface area contributed by atoms with Crippen molar-refractivity contribution in [3.05, 3.63) is 71.2 Å². The van der Waals surface area contributed by atoms with Gasteiger partial charge in [-0.2, -0.15) is 0 Å². The molecule has 1 fully saturated rings. The van der Waals surface area contributed by atoms with Gasteiger partial charge in [-0.15, -0.1) is 0 Å². The lowest BCUT2D eigenvalue weighted by Crippen LogP contribution is -2.28. The zero-order valence-electron chi connectivity index (χ0n) is 15.6. The van der Waals surface area contributed by atoms with E-state index < -0.39 is 11.7 Å². The summed E-state index contributed by atoms with van der Waals surface area (Å²) in [4.78, 5) is 34.5. The number of carbonyl (C=O) groups excluding carboxylic acids is 2. The molecular formula is C21H16BrFN4O3. The number of aromatic nitrogens is 2. The fraction of sp³-hybridized carbons (Fsp3) is 0.143. The maximum atomic E-state index is 13.6. The summed E-state index contributed by atoms with van der Waals surface area (Å²) in [5, 5.41) is 2.71. The van der Waals surface area contributed by atoms with Crippen molar-refractivity contribution < 1.29 is 18.7 Å². The summed E-state index contributed by atoms with van der Waals surface area (Å²) < 4.78 is 19.8. The number of para-hydroxylation sites is 1. The number of nitrogens with one attached hydrogen (secondary N) is 1. The van der Waals surface area contributed by atoms with Crippen molar-refractivity contribution in [2.75, 3.05) is 16.8 Å². The number of rotatable bonds is 5. The van der Waals surface area contributed by atoms with Crippen molar-refractivity contribution in [1.82, 2.24) is 9.97 Å². The normalized spacial score (nSPS) is 15.9. The van der Waals surface area contributed by atoms with Crippen LogP contribution in [0, 0.1) is 11.7 Å². The van der Waals surface area contributed by atoms with Gasteiger partial charge in [0.15, 0.2) is 11.6 Å². The molecule has 0 spiro atoms. The second-order valence-corrected chi connectivity index (χ2v) is 7.58. The van der Waals surface area contributed by atoms with Gasteiger partial charge in [-0.1, -0.05) is 34.1 Å². The molecule has 2 heterocycles. The number of hydrogen-bond acceptors (Lipinski definition) is 5. The third-order valence-corrected chi connectivity index (χ3v) is 5.04. The molecule has 7 nitrogen and oxygen atoms in total. The number of hydrogen-bond donors (Lipinski definition) is 1. The lowest BCUT2D eigenvalue weighted by Gasteiger charge is -2.17. The Hall–Kier alpha value is -3.33. The van der Waals surface area contributed by atoms with Gasteiger partial charge < -0.3 is 15.0 Å². The summed E-state index contributed by atoms with van der Waals surface area (Å²) in [6.45, 7) is 0.288. The molecule has 4 rings (SSSR count). The number of carbonyl (C=O) groups is 2. The van der Waals surface area contributed by atoms with Crippen LogP contribution in [0.1, 0.15) is 6.42 Å². The maximum absolute atomic E-state index is 13.6. The van der Waals surface area contributed by atoms with Gasteiger partial charge in [0.2, 0.25) is 11.8 Å². The molecule has 3 aromatic rings. The van der Waals surface area contributed by atoms with Crippen molar-refractivity contribution in [2.45, 2.75) is 6.42 Å². The van der Waals surface area contributed by atoms with Crippen molar-refractivity contribution in [2.24, 2.45) is 5.92 Å². The van der Waals surface area contributed by atoms with Crippen molar-refractivity contribution in [3.63, 3.8) is 0 Å². The summed E-state index contributed by atoms with van der Waals surface area (Å²) in [6.07, 6.45) is 2.85. The van der Waals surface area contributed by atoms with Gasteiger partial charge >= 0.3 is 6.01 Å². The molecule has 152 valence electrons. The quantitative estimate of drug-likeness (QED) is 0.604. The van der Waals surface area contributed by atoms with Gasteiger partial charge in [0.1, 0.15) is 0 Å². The molecule has 0 radical (unpaired) electrons. The number of benzene rings is 2. The first-order valence-corrected chi connectivity index (χ1v) is 9.90. The molecule has 1 N–H and O–H groups in total. The number of ether oxygens (including phenoxy) is 1. The fourth-order valence-electron chi connectivity index (χ4n) is 3.08. The predicted molar refractivity (Wildman–Crippen MR) is 112 cm³/mol.